The van der Waals surface area contributed by atoms with Crippen molar-refractivity contribution in [2.45, 2.75) is 26.3 Å². The second-order valence-electron chi connectivity index (χ2n) is 5.48. The van der Waals surface area contributed by atoms with Gasteiger partial charge in [-0.25, -0.2) is 4.79 Å². The lowest BCUT2D eigenvalue weighted by Crippen LogP contribution is -2.42. The van der Waals surface area contributed by atoms with E-state index in [2.05, 4.69) is 5.32 Å². The smallest absolute Gasteiger partial charge is 0.328 e. The first-order chi connectivity index (χ1) is 12.0. The summed E-state index contributed by atoms with van der Waals surface area (Å²) in [5.74, 6) is 0.759. The number of fused-ring (bicyclic) bond motifs is 1. The number of amides is 1. The standard InChI is InChI=1S/C18H23NO5S/c1-5-23-12-6-7-15-13(10-12)11(2)16(24-15)17(20)19-14(8-9-25-4)18(21)22-3/h6-7,10,14H,5,8-9H2,1-4H3,(H,19,20)/t14-/m0/s1. The van der Waals surface area contributed by atoms with Crippen LogP contribution in [0.2, 0.25) is 0 Å². The number of methoxy groups -OCH3 is 1. The molecule has 7 heteroatoms. The summed E-state index contributed by atoms with van der Waals surface area (Å²) in [5, 5.41) is 3.52. The summed E-state index contributed by atoms with van der Waals surface area (Å²) in [7, 11) is 1.31. The van der Waals surface area contributed by atoms with E-state index in [1.165, 1.54) is 7.11 Å². The van der Waals surface area contributed by atoms with Crippen LogP contribution in [-0.4, -0.2) is 43.6 Å². The fourth-order valence-electron chi connectivity index (χ4n) is 2.52. The number of furan rings is 1. The van der Waals surface area contributed by atoms with E-state index < -0.39 is 17.9 Å². The van der Waals surface area contributed by atoms with Crippen LogP contribution >= 0.6 is 11.8 Å². The lowest BCUT2D eigenvalue weighted by Gasteiger charge is -2.15. The molecule has 0 radical (unpaired) electrons. The van der Waals surface area contributed by atoms with Gasteiger partial charge < -0.3 is 19.2 Å². The number of ether oxygens (including phenoxy) is 2. The third-order valence-electron chi connectivity index (χ3n) is 3.83. The Morgan fingerprint density at radius 2 is 2.12 bits per heavy atom. The molecule has 0 unspecified atom stereocenters. The van der Waals surface area contributed by atoms with Gasteiger partial charge >= 0.3 is 5.97 Å². The van der Waals surface area contributed by atoms with E-state index in [0.29, 0.717) is 24.2 Å². The van der Waals surface area contributed by atoms with Crippen LogP contribution < -0.4 is 10.1 Å². The van der Waals surface area contributed by atoms with Crippen molar-refractivity contribution in [2.75, 3.05) is 25.7 Å². The lowest BCUT2D eigenvalue weighted by atomic mass is 10.1. The maximum absolute atomic E-state index is 12.6. The first kappa shape index (κ1) is 19.2. The monoisotopic (exact) mass is 365 g/mol. The number of thioether (sulfide) groups is 1. The van der Waals surface area contributed by atoms with Gasteiger partial charge in [-0.05, 0) is 50.5 Å². The highest BCUT2D eigenvalue weighted by atomic mass is 32.2. The highest BCUT2D eigenvalue weighted by Crippen LogP contribution is 2.29. The molecule has 1 heterocycles. The summed E-state index contributed by atoms with van der Waals surface area (Å²) in [4.78, 5) is 24.5. The van der Waals surface area contributed by atoms with Crippen molar-refractivity contribution in [2.24, 2.45) is 0 Å². The number of esters is 1. The number of rotatable bonds is 8. The molecular formula is C18H23NO5S. The molecule has 1 aromatic carbocycles. The highest BCUT2D eigenvalue weighted by Gasteiger charge is 2.25. The molecule has 0 saturated heterocycles. The normalized spacial score (nSPS) is 12.0. The number of hydrogen-bond acceptors (Lipinski definition) is 6. The zero-order valence-electron chi connectivity index (χ0n) is 14.9. The first-order valence-corrected chi connectivity index (χ1v) is 9.44. The maximum Gasteiger partial charge on any atom is 0.328 e. The molecule has 0 bridgehead atoms. The van der Waals surface area contributed by atoms with Crippen LogP contribution in [0.5, 0.6) is 5.75 Å². The Bertz CT molecular complexity index is 755. The summed E-state index contributed by atoms with van der Waals surface area (Å²) in [5.41, 5.74) is 1.31. The molecule has 0 aliphatic carbocycles. The van der Waals surface area contributed by atoms with E-state index in [1.807, 2.05) is 26.2 Å². The zero-order chi connectivity index (χ0) is 18.4. The third kappa shape index (κ3) is 4.48. The van der Waals surface area contributed by atoms with E-state index >= 15 is 0 Å². The van der Waals surface area contributed by atoms with Crippen LogP contribution in [0.1, 0.15) is 29.5 Å². The van der Waals surface area contributed by atoms with Crippen LogP contribution in [-0.2, 0) is 9.53 Å². The second-order valence-corrected chi connectivity index (χ2v) is 6.46. The molecule has 0 fully saturated rings. The van der Waals surface area contributed by atoms with E-state index in [1.54, 1.807) is 23.9 Å². The molecule has 1 atom stereocenters. The molecule has 2 rings (SSSR count). The van der Waals surface area contributed by atoms with Gasteiger partial charge in [0.2, 0.25) is 0 Å². The lowest BCUT2D eigenvalue weighted by molar-refractivity contribution is -0.142. The van der Waals surface area contributed by atoms with E-state index in [0.717, 1.165) is 16.9 Å². The Kier molecular flexibility index (Phi) is 6.75. The molecule has 0 saturated carbocycles. The number of nitrogens with one attached hydrogen (secondary N) is 1. The van der Waals surface area contributed by atoms with Crippen molar-refractivity contribution >= 4 is 34.6 Å². The van der Waals surface area contributed by atoms with Gasteiger partial charge in [-0.2, -0.15) is 11.8 Å². The summed E-state index contributed by atoms with van der Waals surface area (Å²) in [6, 6.07) is 4.72. The molecule has 1 aromatic heterocycles. The second kappa shape index (κ2) is 8.80. The zero-order valence-corrected chi connectivity index (χ0v) is 15.7. The number of aryl methyl sites for hydroxylation is 1. The Morgan fingerprint density at radius 1 is 1.36 bits per heavy atom. The fourth-order valence-corrected chi connectivity index (χ4v) is 3.00. The van der Waals surface area contributed by atoms with Crippen molar-refractivity contribution in [3.05, 3.63) is 29.5 Å². The molecule has 6 nitrogen and oxygen atoms in total. The molecule has 1 N–H and O–H groups in total. The van der Waals surface area contributed by atoms with Crippen molar-refractivity contribution in [3.8, 4) is 5.75 Å². The van der Waals surface area contributed by atoms with Gasteiger partial charge in [0.05, 0.1) is 13.7 Å². The Balaban J connectivity index is 2.25. The van der Waals surface area contributed by atoms with Gasteiger partial charge in [0.25, 0.3) is 5.91 Å². The number of carbonyl (C=O) groups excluding carboxylic acids is 2. The predicted octanol–water partition coefficient (Wildman–Crippen LogP) is 3.16. The average Bonchev–Trinajstić information content (AvgIpc) is 2.94. The van der Waals surface area contributed by atoms with Gasteiger partial charge in [-0.1, -0.05) is 0 Å². The fraction of sp³-hybridized carbons (Fsp3) is 0.444. The van der Waals surface area contributed by atoms with Crippen LogP contribution in [0.3, 0.4) is 0 Å². The van der Waals surface area contributed by atoms with Crippen LogP contribution in [0, 0.1) is 6.92 Å². The van der Waals surface area contributed by atoms with Gasteiger partial charge in [0, 0.05) is 10.9 Å². The van der Waals surface area contributed by atoms with Crippen molar-refractivity contribution in [1.29, 1.82) is 0 Å². The third-order valence-corrected chi connectivity index (χ3v) is 4.47. The largest absolute Gasteiger partial charge is 0.494 e. The molecule has 1 amide bonds. The molecule has 0 aliphatic heterocycles. The Morgan fingerprint density at radius 3 is 2.76 bits per heavy atom. The first-order valence-electron chi connectivity index (χ1n) is 8.05. The summed E-state index contributed by atoms with van der Waals surface area (Å²) >= 11 is 1.60. The SMILES string of the molecule is CCOc1ccc2oc(C(=O)N[C@@H](CCSC)C(=O)OC)c(C)c2c1. The Labute approximate surface area is 151 Å². The van der Waals surface area contributed by atoms with Crippen LogP contribution in [0.25, 0.3) is 11.0 Å². The van der Waals surface area contributed by atoms with Crippen molar-refractivity contribution in [3.63, 3.8) is 0 Å². The minimum atomic E-state index is -0.698. The van der Waals surface area contributed by atoms with Gasteiger partial charge in [-0.15, -0.1) is 0 Å². The summed E-state index contributed by atoms with van der Waals surface area (Å²) < 4.78 is 15.9. The predicted molar refractivity (Wildman–Crippen MR) is 98.4 cm³/mol. The highest BCUT2D eigenvalue weighted by molar-refractivity contribution is 7.98. The minimum Gasteiger partial charge on any atom is -0.494 e. The van der Waals surface area contributed by atoms with Crippen LogP contribution in [0.15, 0.2) is 22.6 Å². The topological polar surface area (TPSA) is 77.8 Å². The molecule has 0 aliphatic rings. The average molecular weight is 365 g/mol. The molecular weight excluding hydrogens is 342 g/mol. The molecule has 136 valence electrons. The minimum absolute atomic E-state index is 0.196. The number of carbonyl (C=O) groups is 2. The maximum atomic E-state index is 12.6. The van der Waals surface area contributed by atoms with Gasteiger partial charge in [-0.3, -0.25) is 4.79 Å². The van der Waals surface area contributed by atoms with E-state index in [-0.39, 0.29) is 5.76 Å². The summed E-state index contributed by atoms with van der Waals surface area (Å²) in [6.45, 7) is 4.28. The molecule has 2 aromatic rings. The molecule has 0 spiro atoms. The Hall–Kier alpha value is -2.15. The number of benzene rings is 1. The van der Waals surface area contributed by atoms with E-state index in [4.69, 9.17) is 13.9 Å². The summed E-state index contributed by atoms with van der Waals surface area (Å²) in [6.07, 6.45) is 2.43. The number of hydrogen-bond donors (Lipinski definition) is 1. The van der Waals surface area contributed by atoms with Crippen molar-refractivity contribution < 1.29 is 23.5 Å². The van der Waals surface area contributed by atoms with Gasteiger partial charge in [0.1, 0.15) is 17.4 Å². The van der Waals surface area contributed by atoms with Crippen molar-refractivity contribution in [1.82, 2.24) is 5.32 Å². The molecule has 25 heavy (non-hydrogen) atoms. The quantitative estimate of drug-likeness (QED) is 0.724. The van der Waals surface area contributed by atoms with Crippen LogP contribution in [0.4, 0.5) is 0 Å². The van der Waals surface area contributed by atoms with Gasteiger partial charge in [0.15, 0.2) is 5.76 Å². The van der Waals surface area contributed by atoms with E-state index in [9.17, 15) is 9.59 Å².